The van der Waals surface area contributed by atoms with Crippen LogP contribution < -0.4 is 10.1 Å². The van der Waals surface area contributed by atoms with Gasteiger partial charge in [0.05, 0.1) is 30.1 Å². The minimum absolute atomic E-state index is 0.0925. The van der Waals surface area contributed by atoms with Crippen LogP contribution in [0.1, 0.15) is 64.5 Å². The van der Waals surface area contributed by atoms with Crippen molar-refractivity contribution in [2.45, 2.75) is 72.0 Å². The van der Waals surface area contributed by atoms with Crippen molar-refractivity contribution < 1.29 is 29.0 Å². The van der Waals surface area contributed by atoms with Crippen molar-refractivity contribution in [3.05, 3.63) is 24.0 Å². The summed E-state index contributed by atoms with van der Waals surface area (Å²) < 4.78 is 12.6. The lowest BCUT2D eigenvalue weighted by Gasteiger charge is -2.42. The minimum Gasteiger partial charge on any atom is -0.497 e. The van der Waals surface area contributed by atoms with Crippen molar-refractivity contribution in [3.8, 4) is 5.75 Å². The van der Waals surface area contributed by atoms with E-state index in [0.29, 0.717) is 43.2 Å². The van der Waals surface area contributed by atoms with Crippen LogP contribution in [0.3, 0.4) is 0 Å². The van der Waals surface area contributed by atoms with E-state index in [9.17, 15) is 19.5 Å². The first-order valence-corrected chi connectivity index (χ1v) is 14.0. The van der Waals surface area contributed by atoms with E-state index in [1.807, 2.05) is 57.4 Å². The maximum Gasteiger partial charge on any atom is 0.407 e. The number of fused-ring (bicyclic) bond motifs is 1. The molecule has 0 saturated carbocycles. The second-order valence-corrected chi connectivity index (χ2v) is 12.0. The average molecular weight is 560 g/mol. The van der Waals surface area contributed by atoms with E-state index in [0.717, 1.165) is 18.4 Å². The van der Waals surface area contributed by atoms with Gasteiger partial charge in [0.2, 0.25) is 5.91 Å². The molecule has 3 amide bonds. The fourth-order valence-corrected chi connectivity index (χ4v) is 5.17. The molecular formula is C29H45N5O6. The third-order valence-electron chi connectivity index (χ3n) is 6.96. The summed E-state index contributed by atoms with van der Waals surface area (Å²) in [7, 11) is 3.26. The van der Waals surface area contributed by atoms with Crippen LogP contribution in [-0.4, -0.2) is 94.4 Å². The number of carbonyl (C=O) groups excluding carboxylic acids is 2. The van der Waals surface area contributed by atoms with Gasteiger partial charge >= 0.3 is 6.09 Å². The summed E-state index contributed by atoms with van der Waals surface area (Å²) in [5.41, 5.74) is 1.02. The van der Waals surface area contributed by atoms with Gasteiger partial charge in [-0.3, -0.25) is 9.59 Å². The number of carboxylic acid groups (broad SMARTS) is 1. The van der Waals surface area contributed by atoms with E-state index in [1.54, 1.807) is 19.1 Å². The molecule has 2 heterocycles. The van der Waals surface area contributed by atoms with Gasteiger partial charge in [-0.2, -0.15) is 0 Å². The van der Waals surface area contributed by atoms with Gasteiger partial charge in [0.15, 0.2) is 5.82 Å². The number of ether oxygens (including phenoxy) is 2. The third kappa shape index (κ3) is 7.87. The Kier molecular flexibility index (Phi) is 10.4. The monoisotopic (exact) mass is 559 g/mol. The number of carbonyl (C=O) groups is 3. The van der Waals surface area contributed by atoms with Gasteiger partial charge in [-0.1, -0.05) is 13.8 Å². The Hall–Kier alpha value is -3.34. The lowest BCUT2D eigenvalue weighted by Crippen LogP contribution is -2.58. The van der Waals surface area contributed by atoms with Crippen molar-refractivity contribution in [2.75, 3.05) is 40.5 Å². The fraction of sp³-hybridized carbons (Fsp3) is 0.655. The lowest BCUT2D eigenvalue weighted by molar-refractivity contribution is -0.128. The highest BCUT2D eigenvalue weighted by atomic mass is 16.5. The Morgan fingerprint density at radius 2 is 1.90 bits per heavy atom. The van der Waals surface area contributed by atoms with Crippen LogP contribution >= 0.6 is 0 Å². The van der Waals surface area contributed by atoms with Gasteiger partial charge in [0, 0.05) is 51.5 Å². The largest absolute Gasteiger partial charge is 0.497 e. The Balaban J connectivity index is 2.01. The second-order valence-electron chi connectivity index (χ2n) is 12.0. The molecule has 3 rings (SSSR count). The first-order valence-electron chi connectivity index (χ1n) is 14.0. The van der Waals surface area contributed by atoms with Crippen LogP contribution in [0, 0.1) is 11.8 Å². The van der Waals surface area contributed by atoms with Crippen LogP contribution in [0.15, 0.2) is 18.2 Å². The van der Waals surface area contributed by atoms with Crippen LogP contribution in [0.2, 0.25) is 0 Å². The summed E-state index contributed by atoms with van der Waals surface area (Å²) in [6, 6.07) is 5.05. The molecule has 2 N–H and O–H groups in total. The Labute approximate surface area is 236 Å². The summed E-state index contributed by atoms with van der Waals surface area (Å²) in [6.45, 7) is 11.5. The molecule has 222 valence electrons. The van der Waals surface area contributed by atoms with E-state index >= 15 is 0 Å². The van der Waals surface area contributed by atoms with Gasteiger partial charge in [-0.15, -0.1) is 0 Å². The van der Waals surface area contributed by atoms with Crippen molar-refractivity contribution in [1.82, 2.24) is 24.7 Å². The quantitative estimate of drug-likeness (QED) is 0.401. The number of amides is 3. The predicted molar refractivity (Wildman–Crippen MR) is 153 cm³/mol. The molecule has 1 aliphatic heterocycles. The van der Waals surface area contributed by atoms with Crippen molar-refractivity contribution >= 4 is 28.9 Å². The third-order valence-corrected chi connectivity index (χ3v) is 6.96. The molecule has 1 aromatic heterocycles. The van der Waals surface area contributed by atoms with Crippen LogP contribution in [0.5, 0.6) is 5.75 Å². The SMILES string of the molecule is COCCCCn1c(C(=O)N(CC(C)C)[C@H]2C[C@@H](C(=O)NC(C)(C)C)CN(C(=O)O)C2)nc2ccc(OC)cc21. The number of hydrogen-bond acceptors (Lipinski definition) is 6. The molecule has 11 nitrogen and oxygen atoms in total. The smallest absolute Gasteiger partial charge is 0.407 e. The topological polar surface area (TPSA) is 126 Å². The number of aromatic nitrogens is 2. The van der Waals surface area contributed by atoms with E-state index in [2.05, 4.69) is 5.32 Å². The molecule has 2 aromatic rings. The minimum atomic E-state index is -1.10. The first-order chi connectivity index (χ1) is 18.8. The number of nitrogens with one attached hydrogen (secondary N) is 1. The number of hydrogen-bond donors (Lipinski definition) is 2. The number of methoxy groups -OCH3 is 2. The van der Waals surface area contributed by atoms with Gasteiger partial charge in [-0.25, -0.2) is 9.78 Å². The zero-order valence-corrected chi connectivity index (χ0v) is 24.9. The molecule has 0 bridgehead atoms. The lowest BCUT2D eigenvalue weighted by atomic mass is 9.91. The number of unbranched alkanes of at least 4 members (excludes halogenated alkanes) is 1. The van der Waals surface area contributed by atoms with Gasteiger partial charge in [0.1, 0.15) is 5.75 Å². The number of imidazole rings is 1. The summed E-state index contributed by atoms with van der Waals surface area (Å²) in [4.78, 5) is 47.3. The average Bonchev–Trinajstić information content (AvgIpc) is 3.25. The predicted octanol–water partition coefficient (Wildman–Crippen LogP) is 3.85. The standard InChI is InChI=1S/C29H45N5O6/c1-19(2)16-34(21-14-20(17-32(18-21)28(37)38)26(35)31-29(3,4)5)27(36)25-30-23-11-10-22(40-7)15-24(23)33(25)12-8-9-13-39-6/h10-11,15,19-21H,8-9,12-14,16-18H2,1-7H3,(H,31,35)(H,37,38)/t20-,21+/m1/s1. The van der Waals surface area contributed by atoms with Gasteiger partial charge < -0.3 is 34.3 Å². The zero-order chi connectivity index (χ0) is 29.6. The van der Waals surface area contributed by atoms with Crippen LogP contribution in [0.4, 0.5) is 4.79 Å². The van der Waals surface area contributed by atoms with E-state index in [-0.39, 0.29) is 30.8 Å². The summed E-state index contributed by atoms with van der Waals surface area (Å²) in [5.74, 6) is 0.0186. The summed E-state index contributed by atoms with van der Waals surface area (Å²) in [6.07, 6.45) is 0.871. The Bertz CT molecular complexity index is 1190. The normalized spacial score (nSPS) is 17.8. The number of nitrogens with zero attached hydrogens (tertiary/aromatic N) is 4. The number of benzene rings is 1. The van der Waals surface area contributed by atoms with Crippen molar-refractivity contribution in [1.29, 1.82) is 0 Å². The highest BCUT2D eigenvalue weighted by molar-refractivity contribution is 5.95. The fourth-order valence-electron chi connectivity index (χ4n) is 5.17. The maximum atomic E-state index is 14.3. The molecule has 0 radical (unpaired) electrons. The van der Waals surface area contributed by atoms with E-state index in [1.165, 1.54) is 4.90 Å². The van der Waals surface area contributed by atoms with E-state index in [4.69, 9.17) is 14.5 Å². The molecule has 40 heavy (non-hydrogen) atoms. The first kappa shape index (κ1) is 31.2. The molecule has 1 saturated heterocycles. The molecule has 1 aliphatic rings. The second kappa shape index (κ2) is 13.3. The highest BCUT2D eigenvalue weighted by Crippen LogP contribution is 2.27. The molecular weight excluding hydrogens is 514 g/mol. The molecule has 0 unspecified atom stereocenters. The van der Waals surface area contributed by atoms with Gasteiger partial charge in [-0.05, 0) is 58.1 Å². The summed E-state index contributed by atoms with van der Waals surface area (Å²) in [5, 5.41) is 12.9. The number of piperidine rings is 1. The van der Waals surface area contributed by atoms with Crippen molar-refractivity contribution in [3.63, 3.8) is 0 Å². The summed E-state index contributed by atoms with van der Waals surface area (Å²) >= 11 is 0. The zero-order valence-electron chi connectivity index (χ0n) is 24.9. The van der Waals surface area contributed by atoms with Crippen LogP contribution in [0.25, 0.3) is 11.0 Å². The van der Waals surface area contributed by atoms with Crippen LogP contribution in [-0.2, 0) is 16.1 Å². The van der Waals surface area contributed by atoms with Gasteiger partial charge in [0.25, 0.3) is 5.91 Å². The molecule has 11 heteroatoms. The molecule has 1 aromatic carbocycles. The maximum absolute atomic E-state index is 14.3. The number of rotatable bonds is 11. The van der Waals surface area contributed by atoms with E-state index < -0.39 is 23.6 Å². The molecule has 2 atom stereocenters. The highest BCUT2D eigenvalue weighted by Gasteiger charge is 2.40. The molecule has 1 fully saturated rings. The Morgan fingerprint density at radius 3 is 2.50 bits per heavy atom. The Morgan fingerprint density at radius 1 is 1.18 bits per heavy atom. The molecule has 0 aliphatic carbocycles. The molecule has 0 spiro atoms. The van der Waals surface area contributed by atoms with Crippen molar-refractivity contribution in [2.24, 2.45) is 11.8 Å². The number of aryl methyl sites for hydroxylation is 1. The number of likely N-dealkylation sites (tertiary alicyclic amines) is 1.